The first-order valence-corrected chi connectivity index (χ1v) is 7.44. The summed E-state index contributed by atoms with van der Waals surface area (Å²) in [6.45, 7) is 1.81. The normalized spacial score (nSPS) is 13.6. The van der Waals surface area contributed by atoms with Crippen LogP contribution in [0, 0.1) is 5.82 Å². The van der Waals surface area contributed by atoms with Crippen LogP contribution >= 0.6 is 11.6 Å². The van der Waals surface area contributed by atoms with Crippen molar-refractivity contribution in [2.24, 2.45) is 5.73 Å². The maximum absolute atomic E-state index is 13.1. The molecule has 0 heterocycles. The summed E-state index contributed by atoms with van der Waals surface area (Å²) in [7, 11) is -3.36. The van der Waals surface area contributed by atoms with Gasteiger partial charge in [0.15, 0.2) is 9.84 Å². The van der Waals surface area contributed by atoms with E-state index in [1.54, 1.807) is 0 Å². The molecule has 1 atom stereocenters. The van der Waals surface area contributed by atoms with Crippen LogP contribution < -0.4 is 5.73 Å². The van der Waals surface area contributed by atoms with Gasteiger partial charge in [-0.05, 0) is 18.1 Å². The number of hydrogen-bond donors (Lipinski definition) is 1. The molecule has 1 aromatic carbocycles. The average molecular weight is 280 g/mol. The monoisotopic (exact) mass is 279 g/mol. The SMILES string of the molecule is CCC(N)CS(=O)(=O)Cc1cccc(F)c1Cl. The predicted octanol–water partition coefficient (Wildman–Crippen LogP) is 2.13. The summed E-state index contributed by atoms with van der Waals surface area (Å²) < 4.78 is 36.7. The van der Waals surface area contributed by atoms with E-state index in [4.69, 9.17) is 17.3 Å². The van der Waals surface area contributed by atoms with Gasteiger partial charge in [0.25, 0.3) is 0 Å². The molecule has 0 saturated carbocycles. The highest BCUT2D eigenvalue weighted by atomic mass is 35.5. The van der Waals surface area contributed by atoms with Crippen LogP contribution in [0.4, 0.5) is 4.39 Å². The predicted molar refractivity (Wildman–Crippen MR) is 67.2 cm³/mol. The second kappa shape index (κ2) is 5.80. The second-order valence-corrected chi connectivity index (χ2v) is 6.42. The van der Waals surface area contributed by atoms with Crippen LogP contribution in [-0.2, 0) is 15.6 Å². The van der Waals surface area contributed by atoms with Crippen LogP contribution in [0.2, 0.25) is 5.02 Å². The van der Waals surface area contributed by atoms with Crippen LogP contribution in [0.25, 0.3) is 0 Å². The van der Waals surface area contributed by atoms with Crippen molar-refractivity contribution in [2.45, 2.75) is 25.1 Å². The molecule has 1 unspecified atom stereocenters. The Morgan fingerprint density at radius 1 is 1.47 bits per heavy atom. The summed E-state index contributed by atoms with van der Waals surface area (Å²) in [5, 5.41) is -0.138. The Morgan fingerprint density at radius 3 is 2.71 bits per heavy atom. The van der Waals surface area contributed by atoms with E-state index in [-0.39, 0.29) is 22.1 Å². The molecule has 0 aromatic heterocycles. The number of hydrogen-bond acceptors (Lipinski definition) is 3. The van der Waals surface area contributed by atoms with E-state index in [0.29, 0.717) is 6.42 Å². The lowest BCUT2D eigenvalue weighted by atomic mass is 10.2. The summed E-state index contributed by atoms with van der Waals surface area (Å²) in [5.74, 6) is -1.01. The first-order chi connectivity index (χ1) is 7.85. The topological polar surface area (TPSA) is 60.2 Å². The van der Waals surface area contributed by atoms with Gasteiger partial charge in [-0.3, -0.25) is 0 Å². The van der Waals surface area contributed by atoms with E-state index in [1.165, 1.54) is 18.2 Å². The first-order valence-electron chi connectivity index (χ1n) is 5.24. The Morgan fingerprint density at radius 2 is 2.12 bits per heavy atom. The van der Waals surface area contributed by atoms with E-state index in [9.17, 15) is 12.8 Å². The maximum Gasteiger partial charge on any atom is 0.156 e. The van der Waals surface area contributed by atoms with Gasteiger partial charge in [0.2, 0.25) is 0 Å². The number of nitrogens with two attached hydrogens (primary N) is 1. The minimum Gasteiger partial charge on any atom is -0.327 e. The van der Waals surface area contributed by atoms with Crippen LogP contribution in [0.1, 0.15) is 18.9 Å². The van der Waals surface area contributed by atoms with E-state index in [2.05, 4.69) is 0 Å². The fraction of sp³-hybridized carbons (Fsp3) is 0.455. The third-order valence-electron chi connectivity index (χ3n) is 2.40. The van der Waals surface area contributed by atoms with E-state index >= 15 is 0 Å². The minimum absolute atomic E-state index is 0.115. The Balaban J connectivity index is 2.87. The van der Waals surface area contributed by atoms with Crippen molar-refractivity contribution >= 4 is 21.4 Å². The zero-order valence-electron chi connectivity index (χ0n) is 9.49. The molecule has 3 nitrogen and oxygen atoms in total. The summed E-state index contributed by atoms with van der Waals surface area (Å²) in [5.41, 5.74) is 5.87. The van der Waals surface area contributed by atoms with Crippen molar-refractivity contribution in [3.8, 4) is 0 Å². The van der Waals surface area contributed by atoms with Gasteiger partial charge in [0.1, 0.15) is 5.82 Å². The summed E-state index contributed by atoms with van der Waals surface area (Å²) in [6, 6.07) is 3.73. The molecule has 0 spiro atoms. The van der Waals surface area contributed by atoms with Crippen LogP contribution in [0.15, 0.2) is 18.2 Å². The van der Waals surface area contributed by atoms with Gasteiger partial charge in [-0.15, -0.1) is 0 Å². The molecule has 0 saturated heterocycles. The molecule has 0 aliphatic heterocycles. The smallest absolute Gasteiger partial charge is 0.156 e. The Kier molecular flexibility index (Phi) is 4.91. The van der Waals surface area contributed by atoms with Crippen molar-refractivity contribution in [1.29, 1.82) is 0 Å². The maximum atomic E-state index is 13.1. The fourth-order valence-corrected chi connectivity index (χ4v) is 3.39. The lowest BCUT2D eigenvalue weighted by Crippen LogP contribution is -2.29. The quantitative estimate of drug-likeness (QED) is 0.898. The summed E-state index contributed by atoms with van der Waals surface area (Å²) in [6.07, 6.45) is 0.579. The van der Waals surface area contributed by atoms with Crippen molar-refractivity contribution in [2.75, 3.05) is 5.75 Å². The Bertz CT molecular complexity index is 490. The third-order valence-corrected chi connectivity index (χ3v) is 4.51. The van der Waals surface area contributed by atoms with Crippen LogP contribution in [0.5, 0.6) is 0 Å². The molecule has 0 fully saturated rings. The van der Waals surface area contributed by atoms with Crippen LogP contribution in [0.3, 0.4) is 0 Å². The number of halogens is 2. The molecule has 0 amide bonds. The highest BCUT2D eigenvalue weighted by Crippen LogP contribution is 2.22. The van der Waals surface area contributed by atoms with Gasteiger partial charge in [0, 0.05) is 6.04 Å². The minimum atomic E-state index is -3.36. The molecule has 17 heavy (non-hydrogen) atoms. The highest BCUT2D eigenvalue weighted by Gasteiger charge is 2.18. The molecule has 0 aliphatic rings. The van der Waals surface area contributed by atoms with Crippen molar-refractivity contribution in [3.63, 3.8) is 0 Å². The molecular formula is C11H15ClFNO2S. The van der Waals surface area contributed by atoms with Gasteiger partial charge in [-0.1, -0.05) is 30.7 Å². The second-order valence-electron chi connectivity index (χ2n) is 3.94. The van der Waals surface area contributed by atoms with Gasteiger partial charge >= 0.3 is 0 Å². The Labute approximate surface area is 106 Å². The van der Waals surface area contributed by atoms with Gasteiger partial charge < -0.3 is 5.73 Å². The Hall–Kier alpha value is -0.650. The lowest BCUT2D eigenvalue weighted by Gasteiger charge is -2.10. The molecule has 6 heteroatoms. The highest BCUT2D eigenvalue weighted by molar-refractivity contribution is 7.90. The number of benzene rings is 1. The van der Waals surface area contributed by atoms with E-state index in [1.807, 2.05) is 6.92 Å². The molecular weight excluding hydrogens is 265 g/mol. The standard InChI is InChI=1S/C11H15ClFNO2S/c1-2-9(14)7-17(15,16)6-8-4-3-5-10(13)11(8)12/h3-5,9H,2,6-7,14H2,1H3. The van der Waals surface area contributed by atoms with E-state index < -0.39 is 21.7 Å². The molecule has 1 aromatic rings. The molecule has 0 aliphatic carbocycles. The zero-order valence-corrected chi connectivity index (χ0v) is 11.1. The zero-order chi connectivity index (χ0) is 13.1. The molecule has 0 bridgehead atoms. The molecule has 2 N–H and O–H groups in total. The molecule has 96 valence electrons. The van der Waals surface area contributed by atoms with Gasteiger partial charge in [-0.2, -0.15) is 0 Å². The largest absolute Gasteiger partial charge is 0.327 e. The van der Waals surface area contributed by atoms with Crippen molar-refractivity contribution in [3.05, 3.63) is 34.6 Å². The summed E-state index contributed by atoms with van der Waals surface area (Å²) in [4.78, 5) is 0. The van der Waals surface area contributed by atoms with Gasteiger partial charge in [-0.25, -0.2) is 12.8 Å². The lowest BCUT2D eigenvalue weighted by molar-refractivity contribution is 0.582. The average Bonchev–Trinajstić information content (AvgIpc) is 2.23. The molecule has 0 radical (unpaired) electrons. The van der Waals surface area contributed by atoms with Gasteiger partial charge in [0.05, 0.1) is 16.5 Å². The number of rotatable bonds is 5. The third kappa shape index (κ3) is 4.26. The van der Waals surface area contributed by atoms with Crippen LogP contribution in [-0.4, -0.2) is 20.2 Å². The first kappa shape index (κ1) is 14.4. The van der Waals surface area contributed by atoms with Crippen molar-refractivity contribution in [1.82, 2.24) is 0 Å². The number of sulfone groups is 1. The van der Waals surface area contributed by atoms with Crippen molar-refractivity contribution < 1.29 is 12.8 Å². The summed E-state index contributed by atoms with van der Waals surface area (Å²) >= 11 is 5.70. The van der Waals surface area contributed by atoms with E-state index in [0.717, 1.165) is 0 Å². The molecule has 1 rings (SSSR count). The fourth-order valence-electron chi connectivity index (χ4n) is 1.40.